The molecule has 0 aliphatic heterocycles. The van der Waals surface area contributed by atoms with Crippen molar-refractivity contribution in [2.45, 2.75) is 18.1 Å². The van der Waals surface area contributed by atoms with E-state index in [1.54, 1.807) is 0 Å². The van der Waals surface area contributed by atoms with Crippen molar-refractivity contribution in [3.63, 3.8) is 0 Å². The number of rotatable bonds is 1. The zero-order valence-corrected chi connectivity index (χ0v) is 6.62. The van der Waals surface area contributed by atoms with Crippen molar-refractivity contribution in [1.29, 1.82) is 0 Å². The van der Waals surface area contributed by atoms with Crippen LogP contribution < -0.4 is 0 Å². The first-order valence-corrected chi connectivity index (χ1v) is 3.14. The van der Waals surface area contributed by atoms with E-state index in [2.05, 4.69) is 0 Å². The average Bonchev–Trinajstić information content (AvgIpc) is 1.35. The van der Waals surface area contributed by atoms with Crippen molar-refractivity contribution in [3.8, 4) is 0 Å². The summed E-state index contributed by atoms with van der Waals surface area (Å²) in [6, 6.07) is 0. The van der Waals surface area contributed by atoms with E-state index >= 15 is 0 Å². The van der Waals surface area contributed by atoms with E-state index in [4.69, 9.17) is 0 Å². The van der Waals surface area contributed by atoms with Crippen molar-refractivity contribution in [2.24, 2.45) is 0 Å². The zero-order valence-electron chi connectivity index (χ0n) is 4.19. The second-order valence-corrected chi connectivity index (χ2v) is 5.41. The maximum atomic E-state index is 9.97. The van der Waals surface area contributed by atoms with E-state index in [1.807, 2.05) is 13.8 Å². The van der Waals surface area contributed by atoms with Gasteiger partial charge >= 0.3 is 46.6 Å². The molecule has 1 atom stereocenters. The van der Waals surface area contributed by atoms with Crippen LogP contribution in [0.2, 0.25) is 4.20 Å². The molecule has 0 aliphatic rings. The molecule has 0 saturated carbocycles. The molecule has 0 fully saturated rings. The molecule has 0 rings (SSSR count). The van der Waals surface area contributed by atoms with Crippen LogP contribution in [0.1, 0.15) is 13.8 Å². The fourth-order valence-electron chi connectivity index (χ4n) is 0. The molecule has 37 valence electrons. The Hall–Kier alpha value is 0.518. The quantitative estimate of drug-likeness (QED) is 0.476. The predicted molar refractivity (Wildman–Crippen MR) is 28.1 cm³/mol. The summed E-state index contributed by atoms with van der Waals surface area (Å²) in [5.41, 5.74) is 0. The molecule has 0 heterocycles. The van der Waals surface area contributed by atoms with Crippen molar-refractivity contribution in [2.75, 3.05) is 6.61 Å². The van der Waals surface area contributed by atoms with Gasteiger partial charge in [-0.1, -0.05) is 0 Å². The Labute approximate surface area is 47.2 Å². The van der Waals surface area contributed by atoms with Gasteiger partial charge in [-0.15, -0.1) is 0 Å². The van der Waals surface area contributed by atoms with Gasteiger partial charge in [-0.2, -0.15) is 0 Å². The molecule has 0 aromatic carbocycles. The maximum absolute atomic E-state index is 9.97. The summed E-state index contributed by atoms with van der Waals surface area (Å²) in [5.74, 6) is 0. The van der Waals surface area contributed by atoms with Gasteiger partial charge in [-0.05, 0) is 0 Å². The van der Waals surface area contributed by atoms with Crippen molar-refractivity contribution in [1.82, 2.24) is 0 Å². The van der Waals surface area contributed by atoms with Crippen LogP contribution in [-0.4, -0.2) is 23.5 Å². The van der Waals surface area contributed by atoms with E-state index in [9.17, 15) is 5.11 Å². The second-order valence-electron chi connectivity index (χ2n) is 2.13. The molecule has 0 aromatic heterocycles. The Morgan fingerprint density at radius 1 is 1.67 bits per heavy atom. The molecule has 0 aromatic rings. The van der Waals surface area contributed by atoms with E-state index in [-0.39, 0.29) is 10.8 Å². The first kappa shape index (κ1) is 6.52. The molecule has 2 heteroatoms. The summed E-state index contributed by atoms with van der Waals surface area (Å²) in [7, 11) is 0. The number of hydrogen-bond acceptors (Lipinski definition) is 0. The third-order valence-corrected chi connectivity index (χ3v) is 0.722. The van der Waals surface area contributed by atoms with E-state index in [0.717, 1.165) is 0 Å². The first-order chi connectivity index (χ1) is 2.56. The molecule has 1 nitrogen and oxygen atoms in total. The minimum atomic E-state index is 0.0486. The summed E-state index contributed by atoms with van der Waals surface area (Å²) in [4.78, 5) is 0. The topological polar surface area (TPSA) is 19.9 Å². The summed E-state index contributed by atoms with van der Waals surface area (Å²) in [6.07, 6.45) is 0. The molecule has 0 bridgehead atoms. The Bertz CT molecular complexity index is 37.3. The molecule has 6 heavy (non-hydrogen) atoms. The molecule has 0 N–H and O–H groups in total. The van der Waals surface area contributed by atoms with Gasteiger partial charge in [0.25, 0.3) is 0 Å². The summed E-state index contributed by atoms with van der Waals surface area (Å²) in [6.45, 7) is 3.97. The first-order valence-electron chi connectivity index (χ1n) is 1.93. The third-order valence-electron chi connectivity index (χ3n) is 0.372. The summed E-state index contributed by atoms with van der Waals surface area (Å²) < 4.78 is 0.0486. The summed E-state index contributed by atoms with van der Waals surface area (Å²) >= 11 is 1.52. The van der Waals surface area contributed by atoms with E-state index < -0.39 is 0 Å². The molecular formula is C4H10AsO. The molecule has 0 spiro atoms. The SMILES string of the molecule is CC(C)([AsH2])C[O]. The standard InChI is InChI=1S/C4H10AsO/c1-4(2,5)3-6/h3,5H2,1-2H3. The Kier molecular flexibility index (Phi) is 2.17. The van der Waals surface area contributed by atoms with Crippen LogP contribution in [0.3, 0.4) is 0 Å². The monoisotopic (exact) mass is 149 g/mol. The Balaban J connectivity index is 3.17. The van der Waals surface area contributed by atoms with E-state index in [0.29, 0.717) is 0 Å². The minimum absolute atomic E-state index is 0.0486. The summed E-state index contributed by atoms with van der Waals surface area (Å²) in [5, 5.41) is 9.97. The third kappa shape index (κ3) is 4.52. The van der Waals surface area contributed by atoms with Crippen LogP contribution >= 0.6 is 0 Å². The molecule has 1 radical (unpaired) electrons. The number of hydrogen-bond donors (Lipinski definition) is 0. The normalized spacial score (nSPS) is 12.0. The van der Waals surface area contributed by atoms with Gasteiger partial charge in [0.2, 0.25) is 0 Å². The Morgan fingerprint density at radius 2 is 1.83 bits per heavy atom. The van der Waals surface area contributed by atoms with Crippen LogP contribution in [0.5, 0.6) is 0 Å². The fraction of sp³-hybridized carbons (Fsp3) is 1.00. The van der Waals surface area contributed by atoms with Crippen molar-refractivity contribution in [3.05, 3.63) is 0 Å². The molecule has 0 aliphatic carbocycles. The molecular weight excluding hydrogens is 139 g/mol. The van der Waals surface area contributed by atoms with Crippen LogP contribution in [0, 0.1) is 0 Å². The van der Waals surface area contributed by atoms with E-state index in [1.165, 1.54) is 16.9 Å². The zero-order chi connectivity index (χ0) is 5.21. The molecule has 0 amide bonds. The van der Waals surface area contributed by atoms with Crippen molar-refractivity contribution < 1.29 is 5.11 Å². The van der Waals surface area contributed by atoms with Gasteiger partial charge in [0, 0.05) is 0 Å². The van der Waals surface area contributed by atoms with Crippen LogP contribution in [-0.2, 0) is 5.11 Å². The molecule has 1 unspecified atom stereocenters. The van der Waals surface area contributed by atoms with Gasteiger partial charge in [-0.3, -0.25) is 0 Å². The van der Waals surface area contributed by atoms with Crippen molar-refractivity contribution >= 4 is 16.9 Å². The van der Waals surface area contributed by atoms with Crippen LogP contribution in [0.15, 0.2) is 0 Å². The van der Waals surface area contributed by atoms with Gasteiger partial charge in [0.15, 0.2) is 0 Å². The van der Waals surface area contributed by atoms with Gasteiger partial charge < -0.3 is 0 Å². The average molecular weight is 149 g/mol. The predicted octanol–water partition coefficient (Wildman–Crippen LogP) is 0.249. The fourth-order valence-corrected chi connectivity index (χ4v) is 0. The molecule has 0 saturated heterocycles. The van der Waals surface area contributed by atoms with Gasteiger partial charge in [0.05, 0.1) is 0 Å². The Morgan fingerprint density at radius 3 is 1.83 bits per heavy atom. The van der Waals surface area contributed by atoms with Crippen LogP contribution in [0.4, 0.5) is 0 Å². The second kappa shape index (κ2) is 1.99. The van der Waals surface area contributed by atoms with Gasteiger partial charge in [-0.25, -0.2) is 0 Å². The van der Waals surface area contributed by atoms with Crippen LogP contribution in [0.25, 0.3) is 0 Å². The van der Waals surface area contributed by atoms with Gasteiger partial charge in [0.1, 0.15) is 0 Å².